The summed E-state index contributed by atoms with van der Waals surface area (Å²) in [6.07, 6.45) is 1.09. The summed E-state index contributed by atoms with van der Waals surface area (Å²) in [6, 6.07) is 1.40. The van der Waals surface area contributed by atoms with Crippen LogP contribution >= 0.6 is 15.9 Å². The Kier molecular flexibility index (Phi) is 4.37. The van der Waals surface area contributed by atoms with Crippen LogP contribution in [0, 0.1) is 16.0 Å². The maximum Gasteiger partial charge on any atom is 0.288 e. The Morgan fingerprint density at radius 3 is 2.69 bits per heavy atom. The van der Waals surface area contributed by atoms with Crippen LogP contribution in [0.5, 0.6) is 0 Å². The number of aliphatic hydroxyl groups is 1. The first-order valence-corrected chi connectivity index (χ1v) is 5.68. The van der Waals surface area contributed by atoms with Gasteiger partial charge in [0.2, 0.25) is 0 Å². The minimum atomic E-state index is -0.500. The van der Waals surface area contributed by atoms with Crippen molar-refractivity contribution in [2.45, 2.75) is 26.4 Å². The number of pyridine rings is 1. The molecule has 1 rings (SSSR count). The second-order valence-corrected chi connectivity index (χ2v) is 4.75. The van der Waals surface area contributed by atoms with Gasteiger partial charge in [0.25, 0.3) is 5.69 Å². The van der Waals surface area contributed by atoms with Crippen molar-refractivity contribution in [3.8, 4) is 0 Å². The first-order chi connectivity index (χ1) is 7.41. The van der Waals surface area contributed by atoms with Crippen molar-refractivity contribution in [3.05, 3.63) is 32.5 Å². The molecule has 16 heavy (non-hydrogen) atoms. The highest BCUT2D eigenvalue weighted by Crippen LogP contribution is 2.22. The van der Waals surface area contributed by atoms with Gasteiger partial charge in [-0.2, -0.15) is 0 Å². The molecule has 1 heterocycles. The van der Waals surface area contributed by atoms with E-state index < -0.39 is 11.0 Å². The maximum absolute atomic E-state index is 10.5. The summed E-state index contributed by atoms with van der Waals surface area (Å²) in [5.41, 5.74) is 0.571. The van der Waals surface area contributed by atoms with Crippen LogP contribution in [0.3, 0.4) is 0 Å². The molecule has 0 saturated heterocycles. The summed E-state index contributed by atoms with van der Waals surface area (Å²) < 4.78 is 0.557. The Morgan fingerprint density at radius 1 is 1.62 bits per heavy atom. The van der Waals surface area contributed by atoms with Gasteiger partial charge in [-0.1, -0.05) is 13.8 Å². The molecule has 0 radical (unpaired) electrons. The number of nitrogens with zero attached hydrogens (tertiary/aromatic N) is 2. The van der Waals surface area contributed by atoms with Gasteiger partial charge in [0.05, 0.1) is 16.7 Å². The molecule has 0 fully saturated rings. The van der Waals surface area contributed by atoms with Crippen LogP contribution in [0.2, 0.25) is 0 Å². The maximum atomic E-state index is 10.5. The van der Waals surface area contributed by atoms with Crippen molar-refractivity contribution < 1.29 is 10.0 Å². The monoisotopic (exact) mass is 288 g/mol. The third-order valence-electron chi connectivity index (χ3n) is 2.29. The molecule has 0 aliphatic rings. The molecule has 1 N–H and O–H groups in total. The van der Waals surface area contributed by atoms with Crippen molar-refractivity contribution >= 4 is 21.6 Å². The summed E-state index contributed by atoms with van der Waals surface area (Å²) in [6.45, 7) is 3.81. The first-order valence-electron chi connectivity index (χ1n) is 4.88. The normalized spacial score (nSPS) is 12.8. The Bertz CT molecular complexity index is 396. The standard InChI is InChI=1S/C10H13BrN2O3/c1-6(2)10(14)4-9-8(11)3-7(5-12-9)13(15)16/h3,5-6,10,14H,4H2,1-2H3. The fraction of sp³-hybridized carbons (Fsp3) is 0.500. The fourth-order valence-corrected chi connectivity index (χ4v) is 1.64. The van der Waals surface area contributed by atoms with Gasteiger partial charge in [0.15, 0.2) is 0 Å². The molecule has 0 aliphatic carbocycles. The van der Waals surface area contributed by atoms with Crippen LogP contribution in [0.4, 0.5) is 5.69 Å². The lowest BCUT2D eigenvalue weighted by Gasteiger charge is -2.14. The van der Waals surface area contributed by atoms with Crippen LogP contribution in [0.15, 0.2) is 16.7 Å². The zero-order valence-electron chi connectivity index (χ0n) is 9.05. The molecule has 0 aliphatic heterocycles. The lowest BCUT2D eigenvalue weighted by atomic mass is 10.0. The van der Waals surface area contributed by atoms with Crippen LogP contribution in [0.25, 0.3) is 0 Å². The minimum absolute atomic E-state index is 0.0605. The quantitative estimate of drug-likeness (QED) is 0.681. The highest BCUT2D eigenvalue weighted by atomic mass is 79.9. The van der Waals surface area contributed by atoms with Gasteiger partial charge in [-0.25, -0.2) is 0 Å². The number of nitro groups is 1. The van der Waals surface area contributed by atoms with Gasteiger partial charge in [-0.3, -0.25) is 15.1 Å². The lowest BCUT2D eigenvalue weighted by Crippen LogP contribution is -2.18. The second kappa shape index (κ2) is 5.36. The molecule has 1 aromatic heterocycles. The molecule has 1 aromatic rings. The number of hydrogen-bond donors (Lipinski definition) is 1. The Morgan fingerprint density at radius 2 is 2.25 bits per heavy atom. The predicted molar refractivity (Wildman–Crippen MR) is 63.1 cm³/mol. The number of halogens is 1. The number of rotatable bonds is 4. The van der Waals surface area contributed by atoms with Crippen molar-refractivity contribution in [2.75, 3.05) is 0 Å². The lowest BCUT2D eigenvalue weighted by molar-refractivity contribution is -0.385. The molecule has 1 unspecified atom stereocenters. The zero-order valence-corrected chi connectivity index (χ0v) is 10.6. The number of aromatic nitrogens is 1. The molecule has 6 heteroatoms. The van der Waals surface area contributed by atoms with E-state index in [0.29, 0.717) is 16.6 Å². The van der Waals surface area contributed by atoms with E-state index in [4.69, 9.17) is 0 Å². The van der Waals surface area contributed by atoms with Crippen molar-refractivity contribution in [1.29, 1.82) is 0 Å². The van der Waals surface area contributed by atoms with Gasteiger partial charge in [0, 0.05) is 17.0 Å². The van der Waals surface area contributed by atoms with E-state index in [2.05, 4.69) is 20.9 Å². The molecule has 0 bridgehead atoms. The molecule has 1 atom stereocenters. The molecule has 0 saturated carbocycles. The highest BCUT2D eigenvalue weighted by molar-refractivity contribution is 9.10. The average molecular weight is 289 g/mol. The van der Waals surface area contributed by atoms with Crippen LogP contribution in [0.1, 0.15) is 19.5 Å². The number of hydrogen-bond acceptors (Lipinski definition) is 4. The zero-order chi connectivity index (χ0) is 12.3. The van der Waals surface area contributed by atoms with E-state index in [1.165, 1.54) is 12.3 Å². The summed E-state index contributed by atoms with van der Waals surface area (Å²) >= 11 is 3.21. The van der Waals surface area contributed by atoms with Gasteiger partial charge >= 0.3 is 0 Å². The van der Waals surface area contributed by atoms with Crippen molar-refractivity contribution in [3.63, 3.8) is 0 Å². The molecular formula is C10H13BrN2O3. The molecular weight excluding hydrogens is 276 g/mol. The third kappa shape index (κ3) is 3.24. The summed E-state index contributed by atoms with van der Waals surface area (Å²) in [7, 11) is 0. The fourth-order valence-electron chi connectivity index (χ4n) is 1.14. The van der Waals surface area contributed by atoms with E-state index in [-0.39, 0.29) is 11.6 Å². The largest absolute Gasteiger partial charge is 0.392 e. The van der Waals surface area contributed by atoms with Crippen LogP contribution < -0.4 is 0 Å². The smallest absolute Gasteiger partial charge is 0.288 e. The van der Waals surface area contributed by atoms with E-state index in [9.17, 15) is 15.2 Å². The van der Waals surface area contributed by atoms with Gasteiger partial charge in [-0.15, -0.1) is 0 Å². The molecule has 0 aromatic carbocycles. The van der Waals surface area contributed by atoms with E-state index in [1.807, 2.05) is 13.8 Å². The predicted octanol–water partition coefficient (Wildman–Crippen LogP) is 2.31. The second-order valence-electron chi connectivity index (χ2n) is 3.89. The van der Waals surface area contributed by atoms with Gasteiger partial charge < -0.3 is 5.11 Å². The van der Waals surface area contributed by atoms with Gasteiger partial charge in [0.1, 0.15) is 6.20 Å². The Hall–Kier alpha value is -1.01. The Balaban J connectivity index is 2.87. The third-order valence-corrected chi connectivity index (χ3v) is 2.97. The van der Waals surface area contributed by atoms with Crippen molar-refractivity contribution in [2.24, 2.45) is 5.92 Å². The SMILES string of the molecule is CC(C)C(O)Cc1ncc([N+](=O)[O-])cc1Br. The Labute approximate surface area is 102 Å². The molecule has 88 valence electrons. The van der Waals surface area contributed by atoms with E-state index in [0.717, 1.165) is 0 Å². The summed E-state index contributed by atoms with van der Waals surface area (Å²) in [5.74, 6) is 0.129. The summed E-state index contributed by atoms with van der Waals surface area (Å²) in [5, 5.41) is 20.2. The molecule has 0 amide bonds. The number of aliphatic hydroxyl groups excluding tert-OH is 1. The van der Waals surface area contributed by atoms with Crippen LogP contribution in [-0.4, -0.2) is 21.1 Å². The topological polar surface area (TPSA) is 76.3 Å². The first kappa shape index (κ1) is 13.1. The van der Waals surface area contributed by atoms with E-state index >= 15 is 0 Å². The minimum Gasteiger partial charge on any atom is -0.392 e. The van der Waals surface area contributed by atoms with Gasteiger partial charge in [-0.05, 0) is 21.8 Å². The highest BCUT2D eigenvalue weighted by Gasteiger charge is 2.15. The van der Waals surface area contributed by atoms with Crippen molar-refractivity contribution in [1.82, 2.24) is 4.98 Å². The summed E-state index contributed by atoms with van der Waals surface area (Å²) in [4.78, 5) is 14.0. The molecule has 5 nitrogen and oxygen atoms in total. The average Bonchev–Trinajstić information content (AvgIpc) is 2.20. The molecule has 0 spiro atoms. The van der Waals surface area contributed by atoms with E-state index in [1.54, 1.807) is 0 Å². The van der Waals surface area contributed by atoms with Crippen LogP contribution in [-0.2, 0) is 6.42 Å².